The van der Waals surface area contributed by atoms with Crippen molar-refractivity contribution in [1.29, 1.82) is 5.26 Å². The Kier molecular flexibility index (Phi) is 5.26. The van der Waals surface area contributed by atoms with E-state index in [1.807, 2.05) is 11.8 Å². The lowest BCUT2D eigenvalue weighted by atomic mass is 9.88. The lowest BCUT2D eigenvalue weighted by Gasteiger charge is -2.64. The van der Waals surface area contributed by atoms with E-state index in [9.17, 15) is 15.5 Å². The second-order valence-corrected chi connectivity index (χ2v) is 8.95. The van der Waals surface area contributed by atoms with Gasteiger partial charge < -0.3 is 10.2 Å². The van der Waals surface area contributed by atoms with E-state index in [1.165, 1.54) is 0 Å². The zero-order chi connectivity index (χ0) is 17.4. The Bertz CT molecular complexity index is 520. The van der Waals surface area contributed by atoms with E-state index in [1.54, 1.807) is 0 Å². The number of hydrogen-bond donors (Lipinski definition) is 2. The van der Waals surface area contributed by atoms with Crippen molar-refractivity contribution >= 4 is 11.8 Å². The second-order valence-electron chi connectivity index (χ2n) is 7.73. The quantitative estimate of drug-likeness (QED) is 0.697. The Labute approximate surface area is 154 Å². The van der Waals surface area contributed by atoms with Crippen molar-refractivity contribution in [3.63, 3.8) is 0 Å². The van der Waals surface area contributed by atoms with Crippen LogP contribution in [0.2, 0.25) is 0 Å². The van der Waals surface area contributed by atoms with E-state index in [2.05, 4.69) is 25.9 Å². The van der Waals surface area contributed by atoms with Gasteiger partial charge in [-0.1, -0.05) is 0 Å². The number of likely N-dealkylation sites (tertiary alicyclic amines) is 1. The highest BCUT2D eigenvalue weighted by atomic mass is 32.2. The number of aliphatic hydroxyl groups is 2. The van der Waals surface area contributed by atoms with E-state index in [-0.39, 0.29) is 23.9 Å². The Morgan fingerprint density at radius 3 is 2.28 bits per heavy atom. The summed E-state index contributed by atoms with van der Waals surface area (Å²) >= 11 is 1.99. The first-order chi connectivity index (χ1) is 12.1. The van der Waals surface area contributed by atoms with Gasteiger partial charge in [-0.05, 0) is 12.8 Å². The number of aliphatic hydroxyl groups excluding tert-OH is 2. The highest BCUT2D eigenvalue weighted by molar-refractivity contribution is 7.99. The third kappa shape index (κ3) is 3.21. The number of β-amino-alcohol motifs (C(OH)–C–C–N with tert-alkyl or cyclic N) is 2. The summed E-state index contributed by atoms with van der Waals surface area (Å²) in [7, 11) is 0. The molecule has 4 aliphatic heterocycles. The molecule has 0 spiro atoms. The number of nitriles is 1. The lowest BCUT2D eigenvalue weighted by molar-refractivity contribution is -0.290. The molecule has 3 unspecified atom stereocenters. The number of rotatable bonds is 3. The maximum absolute atomic E-state index is 10.1. The summed E-state index contributed by atoms with van der Waals surface area (Å²) in [4.78, 5) is 4.92. The van der Waals surface area contributed by atoms with E-state index in [4.69, 9.17) is 0 Å². The molecule has 0 radical (unpaired) electrons. The first-order valence-electron chi connectivity index (χ1n) is 9.49. The molecule has 3 atom stereocenters. The van der Waals surface area contributed by atoms with Gasteiger partial charge in [0, 0.05) is 63.7 Å². The molecule has 4 aliphatic rings. The third-order valence-corrected chi connectivity index (χ3v) is 7.12. The van der Waals surface area contributed by atoms with Crippen molar-refractivity contribution in [1.82, 2.24) is 19.8 Å². The van der Waals surface area contributed by atoms with Gasteiger partial charge in [0.2, 0.25) is 0 Å². The Hall–Kier alpha value is -0.400. The molecular weight excluding hydrogens is 338 g/mol. The standard InChI is InChI=1S/C17H29N5O2S/c18-10-14-1-4-22(21-3-2-15(23)13-21)17(9-14,20-11-16(24)12-20)19-5-7-25-8-6-19/h14-16,23-24H,1-9,11-13H2. The maximum Gasteiger partial charge on any atom is 0.145 e. The van der Waals surface area contributed by atoms with Crippen LogP contribution in [0.5, 0.6) is 0 Å². The van der Waals surface area contributed by atoms with E-state index < -0.39 is 0 Å². The van der Waals surface area contributed by atoms with Crippen molar-refractivity contribution in [2.75, 3.05) is 57.3 Å². The van der Waals surface area contributed by atoms with Gasteiger partial charge in [-0.3, -0.25) is 9.80 Å². The summed E-state index contributed by atoms with van der Waals surface area (Å²) in [5, 5.41) is 34.4. The summed E-state index contributed by atoms with van der Waals surface area (Å²) < 4.78 is 0. The van der Waals surface area contributed by atoms with E-state index in [0.717, 1.165) is 56.9 Å². The normalized spacial score (nSPS) is 40.0. The lowest BCUT2D eigenvalue weighted by Crippen LogP contribution is -2.80. The molecular formula is C17H29N5O2S. The molecule has 4 heterocycles. The largest absolute Gasteiger partial charge is 0.392 e. The number of thioether (sulfide) groups is 1. The van der Waals surface area contributed by atoms with Gasteiger partial charge in [0.15, 0.2) is 0 Å². The van der Waals surface area contributed by atoms with Crippen LogP contribution in [0.1, 0.15) is 19.3 Å². The van der Waals surface area contributed by atoms with Crippen LogP contribution in [0.15, 0.2) is 0 Å². The number of hydrogen-bond acceptors (Lipinski definition) is 8. The van der Waals surface area contributed by atoms with Crippen molar-refractivity contribution < 1.29 is 10.2 Å². The molecule has 4 saturated heterocycles. The molecule has 0 saturated carbocycles. The average molecular weight is 368 g/mol. The predicted molar refractivity (Wildman–Crippen MR) is 96.4 cm³/mol. The van der Waals surface area contributed by atoms with Crippen molar-refractivity contribution in [2.45, 2.75) is 37.3 Å². The molecule has 0 bridgehead atoms. The van der Waals surface area contributed by atoms with Crippen molar-refractivity contribution in [3.05, 3.63) is 0 Å². The van der Waals surface area contributed by atoms with Gasteiger partial charge in [-0.25, -0.2) is 10.0 Å². The first kappa shape index (κ1) is 18.0. The fourth-order valence-electron chi connectivity index (χ4n) is 4.87. The van der Waals surface area contributed by atoms with Crippen LogP contribution in [0, 0.1) is 17.2 Å². The summed E-state index contributed by atoms with van der Waals surface area (Å²) in [6.07, 6.45) is 1.97. The summed E-state index contributed by atoms with van der Waals surface area (Å²) in [5.41, 5.74) is 0. The SMILES string of the molecule is N#CC1CCN(N2CCC(O)C2)C(N2CCSCC2)(N2CC(O)C2)C1. The topological polar surface area (TPSA) is 77.2 Å². The molecule has 0 aliphatic carbocycles. The number of nitrogens with zero attached hydrogens (tertiary/aromatic N) is 5. The highest BCUT2D eigenvalue weighted by Gasteiger charge is 2.56. The Morgan fingerprint density at radius 1 is 0.920 bits per heavy atom. The molecule has 0 amide bonds. The Morgan fingerprint density at radius 2 is 1.68 bits per heavy atom. The fraction of sp³-hybridized carbons (Fsp3) is 0.941. The van der Waals surface area contributed by atoms with Crippen LogP contribution in [0.25, 0.3) is 0 Å². The van der Waals surface area contributed by atoms with Crippen LogP contribution in [-0.4, -0.2) is 105 Å². The average Bonchev–Trinajstić information content (AvgIpc) is 3.05. The molecule has 4 fully saturated rings. The highest BCUT2D eigenvalue weighted by Crippen LogP contribution is 2.42. The summed E-state index contributed by atoms with van der Waals surface area (Å²) in [5.74, 6) is 1.97. The van der Waals surface area contributed by atoms with Gasteiger partial charge in [0.05, 0.1) is 24.2 Å². The minimum Gasteiger partial charge on any atom is -0.392 e. The zero-order valence-corrected chi connectivity index (χ0v) is 15.6. The fourth-order valence-corrected chi connectivity index (χ4v) is 5.77. The van der Waals surface area contributed by atoms with E-state index >= 15 is 0 Å². The molecule has 4 rings (SSSR count). The van der Waals surface area contributed by atoms with Crippen LogP contribution >= 0.6 is 11.8 Å². The molecule has 0 aromatic rings. The monoisotopic (exact) mass is 367 g/mol. The van der Waals surface area contributed by atoms with Crippen LogP contribution in [0.4, 0.5) is 0 Å². The van der Waals surface area contributed by atoms with E-state index in [0.29, 0.717) is 19.6 Å². The van der Waals surface area contributed by atoms with Gasteiger partial charge in [-0.15, -0.1) is 0 Å². The van der Waals surface area contributed by atoms with Gasteiger partial charge in [-0.2, -0.15) is 17.0 Å². The number of piperidine rings is 1. The smallest absolute Gasteiger partial charge is 0.145 e. The molecule has 7 nitrogen and oxygen atoms in total. The summed E-state index contributed by atoms with van der Waals surface area (Å²) in [6, 6.07) is 2.52. The maximum atomic E-state index is 10.1. The third-order valence-electron chi connectivity index (χ3n) is 6.18. The molecule has 8 heteroatoms. The second kappa shape index (κ2) is 7.31. The molecule has 140 valence electrons. The number of hydrazine groups is 1. The molecule has 0 aromatic heterocycles. The van der Waals surface area contributed by atoms with Crippen molar-refractivity contribution in [3.8, 4) is 6.07 Å². The van der Waals surface area contributed by atoms with Crippen molar-refractivity contribution in [2.24, 2.45) is 5.92 Å². The van der Waals surface area contributed by atoms with Gasteiger partial charge in [0.1, 0.15) is 5.79 Å². The molecule has 25 heavy (non-hydrogen) atoms. The first-order valence-corrected chi connectivity index (χ1v) is 10.6. The zero-order valence-electron chi connectivity index (χ0n) is 14.8. The summed E-state index contributed by atoms with van der Waals surface area (Å²) in [6.45, 7) is 5.78. The minimum absolute atomic E-state index is 0.0519. The van der Waals surface area contributed by atoms with Gasteiger partial charge in [0.25, 0.3) is 0 Å². The predicted octanol–water partition coefficient (Wildman–Crippen LogP) is -0.417. The molecule has 2 N–H and O–H groups in total. The van der Waals surface area contributed by atoms with Crippen LogP contribution < -0.4 is 0 Å². The van der Waals surface area contributed by atoms with Crippen LogP contribution in [0.3, 0.4) is 0 Å². The van der Waals surface area contributed by atoms with Gasteiger partial charge >= 0.3 is 0 Å². The van der Waals surface area contributed by atoms with Crippen LogP contribution in [-0.2, 0) is 0 Å². The minimum atomic E-state index is -0.317. The molecule has 0 aromatic carbocycles. The Balaban J connectivity index is 1.67.